The molecule has 0 aliphatic carbocycles. The Morgan fingerprint density at radius 1 is 1.14 bits per heavy atom. The summed E-state index contributed by atoms with van der Waals surface area (Å²) in [5, 5.41) is 5.86. The van der Waals surface area contributed by atoms with Gasteiger partial charge in [0.05, 0.1) is 6.04 Å². The van der Waals surface area contributed by atoms with Crippen LogP contribution in [0.15, 0.2) is 54.6 Å². The number of carbonyl (C=O) groups is 3. The van der Waals surface area contributed by atoms with E-state index in [4.69, 9.17) is 0 Å². The second-order valence-corrected chi connectivity index (χ2v) is 7.11. The Morgan fingerprint density at radius 2 is 1.86 bits per heavy atom. The molecule has 5 heteroatoms. The van der Waals surface area contributed by atoms with Crippen LogP contribution in [-0.2, 0) is 4.79 Å². The zero-order valence-electron chi connectivity index (χ0n) is 16.3. The first-order chi connectivity index (χ1) is 13.4. The predicted molar refractivity (Wildman–Crippen MR) is 110 cm³/mol. The lowest BCUT2D eigenvalue weighted by atomic mass is 9.82. The molecular weight excluding hydrogens is 352 g/mol. The average molecular weight is 376 g/mol. The van der Waals surface area contributed by atoms with Gasteiger partial charge in [-0.2, -0.15) is 0 Å². The molecule has 2 aromatic carbocycles. The van der Waals surface area contributed by atoms with Crippen molar-refractivity contribution in [1.82, 2.24) is 5.32 Å². The molecule has 5 nitrogen and oxygen atoms in total. The van der Waals surface area contributed by atoms with Crippen LogP contribution in [0.1, 0.15) is 53.5 Å². The predicted octanol–water partition coefficient (Wildman–Crippen LogP) is 4.07. The van der Waals surface area contributed by atoms with Gasteiger partial charge in [-0.3, -0.25) is 14.4 Å². The number of hydrogen-bond acceptors (Lipinski definition) is 3. The molecule has 2 atom stereocenters. The fourth-order valence-electron chi connectivity index (χ4n) is 3.38. The first kappa shape index (κ1) is 19.5. The summed E-state index contributed by atoms with van der Waals surface area (Å²) < 4.78 is 0. The Kier molecular flexibility index (Phi) is 5.73. The van der Waals surface area contributed by atoms with E-state index in [1.165, 1.54) is 6.92 Å². The van der Waals surface area contributed by atoms with E-state index in [2.05, 4.69) is 24.5 Å². The third-order valence-electron chi connectivity index (χ3n) is 5.14. The van der Waals surface area contributed by atoms with Crippen molar-refractivity contribution in [2.24, 2.45) is 5.92 Å². The molecule has 0 bridgehead atoms. The van der Waals surface area contributed by atoms with Crippen LogP contribution in [0.5, 0.6) is 0 Å². The number of amides is 2. The third kappa shape index (κ3) is 4.03. The highest BCUT2D eigenvalue weighted by Gasteiger charge is 2.31. The first-order valence-electron chi connectivity index (χ1n) is 9.44. The zero-order chi connectivity index (χ0) is 20.3. The SMILES string of the molecule is CCC(C)C1NC(=O)c2ccccc2/C1=C\C(=O)Nc1cccc(C(C)=O)c1. The summed E-state index contributed by atoms with van der Waals surface area (Å²) in [4.78, 5) is 36.7. The number of benzene rings is 2. The fourth-order valence-corrected chi connectivity index (χ4v) is 3.38. The molecule has 144 valence electrons. The van der Waals surface area contributed by atoms with Gasteiger partial charge in [0.1, 0.15) is 0 Å². The molecule has 3 rings (SSSR count). The molecule has 0 saturated carbocycles. The molecule has 0 radical (unpaired) electrons. The molecule has 1 heterocycles. The number of carbonyl (C=O) groups excluding carboxylic acids is 3. The molecule has 2 unspecified atom stereocenters. The number of rotatable bonds is 5. The number of anilines is 1. The lowest BCUT2D eigenvalue weighted by molar-refractivity contribution is -0.111. The van der Waals surface area contributed by atoms with Crippen molar-refractivity contribution in [2.45, 2.75) is 33.2 Å². The smallest absolute Gasteiger partial charge is 0.252 e. The van der Waals surface area contributed by atoms with Gasteiger partial charge >= 0.3 is 0 Å². The van der Waals surface area contributed by atoms with Crippen LogP contribution in [0, 0.1) is 5.92 Å². The molecular formula is C23H24N2O3. The largest absolute Gasteiger partial charge is 0.345 e. The van der Waals surface area contributed by atoms with Crippen LogP contribution in [0.25, 0.3) is 5.57 Å². The fraction of sp³-hybridized carbons (Fsp3) is 0.261. The lowest BCUT2D eigenvalue weighted by Gasteiger charge is -2.32. The third-order valence-corrected chi connectivity index (χ3v) is 5.14. The molecule has 0 fully saturated rings. The van der Waals surface area contributed by atoms with Gasteiger partial charge in [-0.05, 0) is 42.2 Å². The number of nitrogens with one attached hydrogen (secondary N) is 2. The van der Waals surface area contributed by atoms with Crippen LogP contribution in [0.2, 0.25) is 0 Å². The van der Waals surface area contributed by atoms with Crippen LogP contribution < -0.4 is 10.6 Å². The molecule has 1 aliphatic rings. The minimum atomic E-state index is -0.296. The Labute approximate surface area is 164 Å². The quantitative estimate of drug-likeness (QED) is 0.610. The van der Waals surface area contributed by atoms with Crippen molar-refractivity contribution in [3.8, 4) is 0 Å². The molecule has 0 spiro atoms. The summed E-state index contributed by atoms with van der Waals surface area (Å²) in [6.45, 7) is 5.60. The monoisotopic (exact) mass is 376 g/mol. The molecule has 2 aromatic rings. The Hall–Kier alpha value is -3.21. The van der Waals surface area contributed by atoms with E-state index >= 15 is 0 Å². The molecule has 2 amide bonds. The van der Waals surface area contributed by atoms with Crippen LogP contribution in [0.4, 0.5) is 5.69 Å². The second kappa shape index (κ2) is 8.21. The minimum absolute atomic E-state index is 0.0600. The highest BCUT2D eigenvalue weighted by atomic mass is 16.2. The van der Waals surface area contributed by atoms with Gasteiger partial charge < -0.3 is 10.6 Å². The standard InChI is InChI=1S/C23H24N2O3/c1-4-14(2)22-20(18-10-5-6-11-19(18)23(28)25-22)13-21(27)24-17-9-7-8-16(12-17)15(3)26/h5-14,22H,4H2,1-3H3,(H,24,27)(H,25,28)/b20-13+. The van der Waals surface area contributed by atoms with Crippen molar-refractivity contribution in [3.63, 3.8) is 0 Å². The van der Waals surface area contributed by atoms with Gasteiger partial charge in [-0.15, -0.1) is 0 Å². The van der Waals surface area contributed by atoms with Crippen LogP contribution in [-0.4, -0.2) is 23.6 Å². The van der Waals surface area contributed by atoms with Gasteiger partial charge in [0.2, 0.25) is 5.91 Å². The Balaban J connectivity index is 1.95. The Morgan fingerprint density at radius 3 is 2.54 bits per heavy atom. The lowest BCUT2D eigenvalue weighted by Crippen LogP contribution is -2.44. The summed E-state index contributed by atoms with van der Waals surface area (Å²) in [5.74, 6) is -0.296. The molecule has 0 saturated heterocycles. The summed E-state index contributed by atoms with van der Waals surface area (Å²) in [7, 11) is 0. The maximum absolute atomic E-state index is 12.7. The van der Waals surface area contributed by atoms with Crippen LogP contribution >= 0.6 is 0 Å². The topological polar surface area (TPSA) is 75.3 Å². The van der Waals surface area contributed by atoms with Crippen molar-refractivity contribution < 1.29 is 14.4 Å². The minimum Gasteiger partial charge on any atom is -0.345 e. The molecule has 28 heavy (non-hydrogen) atoms. The molecule has 2 N–H and O–H groups in total. The van der Waals surface area contributed by atoms with Crippen LogP contribution in [0.3, 0.4) is 0 Å². The Bertz CT molecular complexity index is 962. The van der Waals surface area contributed by atoms with E-state index in [-0.39, 0.29) is 29.6 Å². The second-order valence-electron chi connectivity index (χ2n) is 7.11. The number of fused-ring (bicyclic) bond motifs is 1. The summed E-state index contributed by atoms with van der Waals surface area (Å²) in [5.41, 5.74) is 3.25. The van der Waals surface area contributed by atoms with Gasteiger partial charge in [0, 0.05) is 22.9 Å². The maximum atomic E-state index is 12.7. The van der Waals surface area contributed by atoms with E-state index in [0.717, 1.165) is 17.6 Å². The van der Waals surface area contributed by atoms with Crippen molar-refractivity contribution in [1.29, 1.82) is 0 Å². The molecule has 1 aliphatic heterocycles. The average Bonchev–Trinajstić information content (AvgIpc) is 2.69. The van der Waals surface area contributed by atoms with E-state index in [9.17, 15) is 14.4 Å². The number of hydrogen-bond donors (Lipinski definition) is 2. The van der Waals surface area contributed by atoms with Crippen molar-refractivity contribution in [3.05, 3.63) is 71.3 Å². The van der Waals surface area contributed by atoms with E-state index in [0.29, 0.717) is 16.8 Å². The van der Waals surface area contributed by atoms with Crippen molar-refractivity contribution in [2.75, 3.05) is 5.32 Å². The van der Waals surface area contributed by atoms with E-state index in [1.54, 1.807) is 36.4 Å². The number of ketones is 1. The summed E-state index contributed by atoms with van der Waals surface area (Å²) >= 11 is 0. The van der Waals surface area contributed by atoms with E-state index < -0.39 is 0 Å². The first-order valence-corrected chi connectivity index (χ1v) is 9.44. The maximum Gasteiger partial charge on any atom is 0.252 e. The summed E-state index contributed by atoms with van der Waals surface area (Å²) in [6, 6.07) is 13.9. The van der Waals surface area contributed by atoms with Gasteiger partial charge in [0.15, 0.2) is 5.78 Å². The normalized spacial score (nSPS) is 18.2. The summed E-state index contributed by atoms with van der Waals surface area (Å²) in [6.07, 6.45) is 2.42. The zero-order valence-corrected chi connectivity index (χ0v) is 16.3. The van der Waals surface area contributed by atoms with Gasteiger partial charge in [-0.1, -0.05) is 50.6 Å². The van der Waals surface area contributed by atoms with Crippen molar-refractivity contribution >= 4 is 28.9 Å². The highest BCUT2D eigenvalue weighted by molar-refractivity contribution is 6.10. The highest BCUT2D eigenvalue weighted by Crippen LogP contribution is 2.31. The van der Waals surface area contributed by atoms with Gasteiger partial charge in [-0.25, -0.2) is 0 Å². The van der Waals surface area contributed by atoms with E-state index in [1.807, 2.05) is 18.2 Å². The van der Waals surface area contributed by atoms with Gasteiger partial charge in [0.25, 0.3) is 5.91 Å². The number of Topliss-reactive ketones (excluding diaryl/α,β-unsaturated/α-hetero) is 1. The molecule has 0 aromatic heterocycles.